The van der Waals surface area contributed by atoms with Gasteiger partial charge in [0.15, 0.2) is 0 Å². The molecule has 0 saturated carbocycles. The second-order valence-electron chi connectivity index (χ2n) is 3.55. The summed E-state index contributed by atoms with van der Waals surface area (Å²) in [5.74, 6) is 0.859. The van der Waals surface area contributed by atoms with Crippen molar-refractivity contribution in [1.82, 2.24) is 20.4 Å². The molecule has 2 heterocycles. The first-order chi connectivity index (χ1) is 6.95. The average Bonchev–Trinajstić information content (AvgIpc) is 2.29. The minimum atomic E-state index is 0.737. The van der Waals surface area contributed by atoms with E-state index in [4.69, 9.17) is 0 Å². The van der Waals surface area contributed by atoms with Crippen LogP contribution in [0.5, 0.6) is 0 Å². The molecular weight excluding hydrogens is 176 g/mol. The number of hydrazine groups is 1. The minimum Gasteiger partial charge on any atom is -0.248 e. The van der Waals surface area contributed by atoms with Crippen molar-refractivity contribution in [2.75, 3.05) is 13.1 Å². The first-order valence-electron chi connectivity index (χ1n) is 5.19. The van der Waals surface area contributed by atoms with Gasteiger partial charge in [0.1, 0.15) is 5.82 Å². The molecule has 0 amide bonds. The molecule has 0 aromatic carbocycles. The summed E-state index contributed by atoms with van der Waals surface area (Å²) < 4.78 is 0. The highest BCUT2D eigenvalue weighted by atomic mass is 15.5. The number of aromatic nitrogens is 2. The Morgan fingerprint density at radius 2 is 1.86 bits per heavy atom. The van der Waals surface area contributed by atoms with Crippen LogP contribution in [0.3, 0.4) is 0 Å². The fourth-order valence-electron chi connectivity index (χ4n) is 1.66. The molecule has 0 radical (unpaired) electrons. The van der Waals surface area contributed by atoms with E-state index in [0.29, 0.717) is 0 Å². The van der Waals surface area contributed by atoms with Crippen molar-refractivity contribution < 1.29 is 0 Å². The maximum Gasteiger partial charge on any atom is 0.143 e. The van der Waals surface area contributed by atoms with E-state index >= 15 is 0 Å². The van der Waals surface area contributed by atoms with Crippen molar-refractivity contribution in [1.29, 1.82) is 0 Å². The molecule has 4 nitrogen and oxygen atoms in total. The van der Waals surface area contributed by atoms with Crippen molar-refractivity contribution in [2.24, 2.45) is 0 Å². The Balaban J connectivity index is 1.76. The highest BCUT2D eigenvalue weighted by Crippen LogP contribution is 2.05. The minimum absolute atomic E-state index is 0.737. The van der Waals surface area contributed by atoms with Gasteiger partial charge in [-0.15, -0.1) is 0 Å². The molecule has 0 spiro atoms. The van der Waals surface area contributed by atoms with Crippen LogP contribution < -0.4 is 5.43 Å². The number of hydrogen-bond acceptors (Lipinski definition) is 4. The van der Waals surface area contributed by atoms with Gasteiger partial charge in [-0.05, 0) is 18.9 Å². The Labute approximate surface area is 84.3 Å². The van der Waals surface area contributed by atoms with Gasteiger partial charge in [0, 0.05) is 25.5 Å². The fourth-order valence-corrected chi connectivity index (χ4v) is 1.66. The zero-order valence-electron chi connectivity index (χ0n) is 8.32. The van der Waals surface area contributed by atoms with Gasteiger partial charge >= 0.3 is 0 Å². The molecule has 2 rings (SSSR count). The fraction of sp³-hybridized carbons (Fsp3) is 0.600. The third kappa shape index (κ3) is 2.75. The van der Waals surface area contributed by atoms with E-state index in [1.54, 1.807) is 12.4 Å². The molecule has 1 aliphatic rings. The van der Waals surface area contributed by atoms with Gasteiger partial charge in [-0.3, -0.25) is 0 Å². The summed E-state index contributed by atoms with van der Waals surface area (Å²) in [4.78, 5) is 8.33. The number of piperidine rings is 1. The molecular formula is C10H16N4. The normalized spacial score (nSPS) is 18.3. The SMILES string of the molecule is c1cnc(CNN2CCCCC2)nc1. The maximum absolute atomic E-state index is 4.16. The standard InChI is InChI=1S/C10H16N4/c1-2-7-14(8-3-1)13-9-10-11-5-4-6-12-10/h4-6,13H,1-3,7-9H2. The van der Waals surface area contributed by atoms with Crippen molar-refractivity contribution in [2.45, 2.75) is 25.8 Å². The molecule has 1 aromatic heterocycles. The highest BCUT2D eigenvalue weighted by molar-refractivity contribution is 4.87. The Morgan fingerprint density at radius 3 is 2.57 bits per heavy atom. The zero-order valence-corrected chi connectivity index (χ0v) is 8.32. The Hall–Kier alpha value is -1.00. The molecule has 0 atom stereocenters. The first kappa shape index (κ1) is 9.55. The summed E-state index contributed by atoms with van der Waals surface area (Å²) in [6, 6.07) is 1.84. The molecule has 4 heteroatoms. The predicted octanol–water partition coefficient (Wildman–Crippen LogP) is 0.967. The molecule has 1 saturated heterocycles. The van der Waals surface area contributed by atoms with E-state index in [-0.39, 0.29) is 0 Å². The zero-order chi connectivity index (χ0) is 9.64. The van der Waals surface area contributed by atoms with Crippen LogP contribution in [0.1, 0.15) is 25.1 Å². The summed E-state index contributed by atoms with van der Waals surface area (Å²) in [6.45, 7) is 3.03. The molecule has 0 bridgehead atoms. The summed E-state index contributed by atoms with van der Waals surface area (Å²) in [7, 11) is 0. The van der Waals surface area contributed by atoms with Crippen LogP contribution in [0.4, 0.5) is 0 Å². The van der Waals surface area contributed by atoms with Gasteiger partial charge < -0.3 is 0 Å². The number of hydrogen-bond donors (Lipinski definition) is 1. The molecule has 76 valence electrons. The quantitative estimate of drug-likeness (QED) is 0.774. The van der Waals surface area contributed by atoms with Gasteiger partial charge in [0.2, 0.25) is 0 Å². The van der Waals surface area contributed by atoms with Crippen LogP contribution in [0.15, 0.2) is 18.5 Å². The Morgan fingerprint density at radius 1 is 1.14 bits per heavy atom. The van der Waals surface area contributed by atoms with E-state index in [0.717, 1.165) is 25.5 Å². The number of rotatable bonds is 3. The van der Waals surface area contributed by atoms with E-state index < -0.39 is 0 Å². The lowest BCUT2D eigenvalue weighted by Gasteiger charge is -2.26. The van der Waals surface area contributed by atoms with Crippen LogP contribution in [-0.2, 0) is 6.54 Å². The second kappa shape index (κ2) is 5.02. The largest absolute Gasteiger partial charge is 0.248 e. The van der Waals surface area contributed by atoms with Crippen molar-refractivity contribution >= 4 is 0 Å². The van der Waals surface area contributed by atoms with Crippen LogP contribution in [0.25, 0.3) is 0 Å². The topological polar surface area (TPSA) is 41.1 Å². The maximum atomic E-state index is 4.16. The highest BCUT2D eigenvalue weighted by Gasteiger charge is 2.09. The van der Waals surface area contributed by atoms with Gasteiger partial charge in [-0.25, -0.2) is 20.4 Å². The Kier molecular flexibility index (Phi) is 3.43. The Bertz CT molecular complexity index is 256. The number of nitrogens with one attached hydrogen (secondary N) is 1. The summed E-state index contributed by atoms with van der Waals surface area (Å²) in [6.07, 6.45) is 7.51. The molecule has 0 unspecified atom stereocenters. The third-order valence-electron chi connectivity index (χ3n) is 2.44. The van der Waals surface area contributed by atoms with Gasteiger partial charge in [0.25, 0.3) is 0 Å². The van der Waals surface area contributed by atoms with E-state index in [2.05, 4.69) is 20.4 Å². The van der Waals surface area contributed by atoms with E-state index in [9.17, 15) is 0 Å². The lowest BCUT2D eigenvalue weighted by molar-refractivity contribution is 0.149. The van der Waals surface area contributed by atoms with Crippen LogP contribution >= 0.6 is 0 Å². The molecule has 1 N–H and O–H groups in total. The lowest BCUT2D eigenvalue weighted by atomic mass is 10.2. The van der Waals surface area contributed by atoms with Crippen molar-refractivity contribution in [3.63, 3.8) is 0 Å². The number of nitrogens with zero attached hydrogens (tertiary/aromatic N) is 3. The van der Waals surface area contributed by atoms with Crippen molar-refractivity contribution in [3.8, 4) is 0 Å². The molecule has 0 aliphatic carbocycles. The molecule has 1 aliphatic heterocycles. The van der Waals surface area contributed by atoms with Gasteiger partial charge in [0.05, 0.1) is 6.54 Å². The van der Waals surface area contributed by atoms with Gasteiger partial charge in [-0.1, -0.05) is 6.42 Å². The third-order valence-corrected chi connectivity index (χ3v) is 2.44. The average molecular weight is 192 g/mol. The van der Waals surface area contributed by atoms with Crippen LogP contribution in [0.2, 0.25) is 0 Å². The van der Waals surface area contributed by atoms with Gasteiger partial charge in [-0.2, -0.15) is 0 Å². The molecule has 1 aromatic rings. The smallest absolute Gasteiger partial charge is 0.143 e. The summed E-state index contributed by atoms with van der Waals surface area (Å²) in [5.41, 5.74) is 3.35. The van der Waals surface area contributed by atoms with Crippen LogP contribution in [0, 0.1) is 0 Å². The predicted molar refractivity (Wildman–Crippen MR) is 54.3 cm³/mol. The lowest BCUT2D eigenvalue weighted by Crippen LogP contribution is -2.41. The first-order valence-corrected chi connectivity index (χ1v) is 5.19. The van der Waals surface area contributed by atoms with E-state index in [1.165, 1.54) is 19.3 Å². The summed E-state index contributed by atoms with van der Waals surface area (Å²) >= 11 is 0. The van der Waals surface area contributed by atoms with Crippen molar-refractivity contribution in [3.05, 3.63) is 24.3 Å². The molecule has 1 fully saturated rings. The monoisotopic (exact) mass is 192 g/mol. The van der Waals surface area contributed by atoms with E-state index in [1.807, 2.05) is 6.07 Å². The second-order valence-corrected chi connectivity index (χ2v) is 3.55. The van der Waals surface area contributed by atoms with Crippen LogP contribution in [-0.4, -0.2) is 28.1 Å². The molecule has 14 heavy (non-hydrogen) atoms. The summed E-state index contributed by atoms with van der Waals surface area (Å²) in [5, 5.41) is 2.26.